The number of carbonyl (C=O) groups excluding carboxylic acids is 1. The van der Waals surface area contributed by atoms with E-state index in [1.807, 2.05) is 35.4 Å². The maximum absolute atomic E-state index is 12.7. The molecule has 0 aliphatic carbocycles. The van der Waals surface area contributed by atoms with E-state index >= 15 is 0 Å². The lowest BCUT2D eigenvalue weighted by atomic mass is 10.0. The third kappa shape index (κ3) is 3.55. The Balaban J connectivity index is 1.41. The number of carbonyl (C=O) groups is 1. The molecule has 1 saturated heterocycles. The lowest BCUT2D eigenvalue weighted by molar-refractivity contribution is -0.131. The first-order valence-corrected chi connectivity index (χ1v) is 9.19. The van der Waals surface area contributed by atoms with Crippen LogP contribution in [-0.4, -0.2) is 47.5 Å². The highest BCUT2D eigenvalue weighted by Gasteiger charge is 2.25. The minimum atomic E-state index is 0.143. The van der Waals surface area contributed by atoms with E-state index in [4.69, 9.17) is 9.72 Å². The second-order valence-corrected chi connectivity index (χ2v) is 6.98. The van der Waals surface area contributed by atoms with E-state index in [1.165, 1.54) is 0 Å². The molecule has 1 aromatic carbocycles. The van der Waals surface area contributed by atoms with Crippen LogP contribution in [0.5, 0.6) is 5.75 Å². The zero-order chi connectivity index (χ0) is 17.9. The number of fused-ring (bicyclic) bond motifs is 1. The van der Waals surface area contributed by atoms with Gasteiger partial charge in [0, 0.05) is 43.7 Å². The Kier molecular flexibility index (Phi) is 4.84. The first-order chi connectivity index (χ1) is 12.7. The van der Waals surface area contributed by atoms with E-state index in [0.29, 0.717) is 18.9 Å². The first kappa shape index (κ1) is 17.0. The van der Waals surface area contributed by atoms with E-state index in [0.717, 1.165) is 60.9 Å². The van der Waals surface area contributed by atoms with Crippen molar-refractivity contribution in [2.24, 2.45) is 0 Å². The average molecular weight is 352 g/mol. The monoisotopic (exact) mass is 352 g/mol. The highest BCUT2D eigenvalue weighted by Crippen LogP contribution is 2.23. The van der Waals surface area contributed by atoms with Crippen molar-refractivity contribution in [1.82, 2.24) is 20.2 Å². The molecule has 1 fully saturated rings. The summed E-state index contributed by atoms with van der Waals surface area (Å²) in [7, 11) is 1.64. The highest BCUT2D eigenvalue weighted by molar-refractivity contribution is 5.79. The standard InChI is InChI=1S/C20H24N4O2/c1-26-17-4-2-14(3-5-17)10-19(25)24-9-7-18-16(13-24)12-22-20(23-18)15-6-8-21-11-15/h2-5,12,15,21H,6-11,13H2,1H3/t15-/m1/s1. The minimum Gasteiger partial charge on any atom is -0.497 e. The molecule has 0 bridgehead atoms. The molecule has 0 unspecified atom stereocenters. The molecule has 3 heterocycles. The van der Waals surface area contributed by atoms with Crippen LogP contribution < -0.4 is 10.1 Å². The summed E-state index contributed by atoms with van der Waals surface area (Å²) in [6.45, 7) is 3.33. The van der Waals surface area contributed by atoms with Crippen LogP contribution in [0.1, 0.15) is 35.0 Å². The van der Waals surface area contributed by atoms with Gasteiger partial charge in [-0.3, -0.25) is 4.79 Å². The quantitative estimate of drug-likeness (QED) is 0.907. The number of methoxy groups -OCH3 is 1. The highest BCUT2D eigenvalue weighted by atomic mass is 16.5. The van der Waals surface area contributed by atoms with Gasteiger partial charge in [0.2, 0.25) is 5.91 Å². The van der Waals surface area contributed by atoms with Crippen molar-refractivity contribution in [3.63, 3.8) is 0 Å². The van der Waals surface area contributed by atoms with Crippen molar-refractivity contribution in [3.8, 4) is 5.75 Å². The molecule has 1 atom stereocenters. The summed E-state index contributed by atoms with van der Waals surface area (Å²) in [5.41, 5.74) is 3.19. The average Bonchev–Trinajstić information content (AvgIpc) is 3.22. The Morgan fingerprint density at radius 2 is 2.19 bits per heavy atom. The number of nitrogens with zero attached hydrogens (tertiary/aromatic N) is 3. The maximum atomic E-state index is 12.7. The molecule has 2 aromatic rings. The molecule has 0 saturated carbocycles. The molecule has 6 nitrogen and oxygen atoms in total. The fraction of sp³-hybridized carbons (Fsp3) is 0.450. The maximum Gasteiger partial charge on any atom is 0.227 e. The van der Waals surface area contributed by atoms with Gasteiger partial charge in [0.25, 0.3) is 0 Å². The number of hydrogen-bond donors (Lipinski definition) is 1. The number of nitrogens with one attached hydrogen (secondary N) is 1. The van der Waals surface area contributed by atoms with Crippen LogP contribution in [0, 0.1) is 0 Å². The summed E-state index contributed by atoms with van der Waals surface area (Å²) in [5, 5.41) is 3.36. The molecule has 1 N–H and O–H groups in total. The summed E-state index contributed by atoms with van der Waals surface area (Å²) < 4.78 is 5.16. The molecule has 1 aromatic heterocycles. The number of ether oxygens (including phenoxy) is 1. The predicted molar refractivity (Wildman–Crippen MR) is 98.1 cm³/mol. The van der Waals surface area contributed by atoms with E-state index < -0.39 is 0 Å². The van der Waals surface area contributed by atoms with Crippen LogP contribution in [0.15, 0.2) is 30.5 Å². The van der Waals surface area contributed by atoms with Crippen LogP contribution >= 0.6 is 0 Å². The number of rotatable bonds is 4. The van der Waals surface area contributed by atoms with E-state index in [2.05, 4.69) is 10.3 Å². The molecule has 136 valence electrons. The minimum absolute atomic E-state index is 0.143. The van der Waals surface area contributed by atoms with Crippen molar-refractivity contribution >= 4 is 5.91 Å². The van der Waals surface area contributed by atoms with Gasteiger partial charge in [-0.2, -0.15) is 0 Å². The van der Waals surface area contributed by atoms with E-state index in [1.54, 1.807) is 7.11 Å². The van der Waals surface area contributed by atoms with Crippen LogP contribution in [-0.2, 0) is 24.2 Å². The summed E-state index contributed by atoms with van der Waals surface area (Å²) >= 11 is 0. The second kappa shape index (κ2) is 7.41. The van der Waals surface area contributed by atoms with Gasteiger partial charge in [-0.1, -0.05) is 12.1 Å². The van der Waals surface area contributed by atoms with Gasteiger partial charge in [0.05, 0.1) is 19.2 Å². The Labute approximate surface area is 153 Å². The SMILES string of the molecule is COc1ccc(CC(=O)N2CCc3nc([C@@H]4CCNC4)ncc3C2)cc1. The zero-order valence-corrected chi connectivity index (χ0v) is 15.1. The van der Waals surface area contributed by atoms with Crippen LogP contribution in [0.4, 0.5) is 0 Å². The summed E-state index contributed by atoms with van der Waals surface area (Å²) in [4.78, 5) is 23.9. The lowest BCUT2D eigenvalue weighted by Gasteiger charge is -2.28. The number of benzene rings is 1. The molecular formula is C20H24N4O2. The van der Waals surface area contributed by atoms with Crippen molar-refractivity contribution < 1.29 is 9.53 Å². The van der Waals surface area contributed by atoms with Gasteiger partial charge in [0.1, 0.15) is 11.6 Å². The van der Waals surface area contributed by atoms with Gasteiger partial charge in [-0.25, -0.2) is 9.97 Å². The predicted octanol–water partition coefficient (Wildman–Crippen LogP) is 1.69. The van der Waals surface area contributed by atoms with Gasteiger partial charge in [-0.05, 0) is 30.7 Å². The third-order valence-corrected chi connectivity index (χ3v) is 5.25. The summed E-state index contributed by atoms with van der Waals surface area (Å²) in [5.74, 6) is 2.32. The molecule has 26 heavy (non-hydrogen) atoms. The second-order valence-electron chi connectivity index (χ2n) is 6.98. The smallest absolute Gasteiger partial charge is 0.227 e. The first-order valence-electron chi connectivity index (χ1n) is 9.19. The Bertz CT molecular complexity index is 785. The number of hydrogen-bond acceptors (Lipinski definition) is 5. The fourth-order valence-electron chi connectivity index (χ4n) is 3.65. The van der Waals surface area contributed by atoms with Crippen molar-refractivity contribution in [1.29, 1.82) is 0 Å². The lowest BCUT2D eigenvalue weighted by Crippen LogP contribution is -2.37. The molecule has 4 rings (SSSR count). The summed E-state index contributed by atoms with van der Waals surface area (Å²) in [6, 6.07) is 7.67. The normalized spacial score (nSPS) is 19.3. The van der Waals surface area contributed by atoms with Gasteiger partial charge in [-0.15, -0.1) is 0 Å². The van der Waals surface area contributed by atoms with Gasteiger partial charge < -0.3 is 15.0 Å². The van der Waals surface area contributed by atoms with Crippen molar-refractivity contribution in [2.45, 2.75) is 31.7 Å². The van der Waals surface area contributed by atoms with E-state index in [9.17, 15) is 4.79 Å². The van der Waals surface area contributed by atoms with Gasteiger partial charge >= 0.3 is 0 Å². The van der Waals surface area contributed by atoms with Crippen molar-refractivity contribution in [3.05, 3.63) is 53.1 Å². The molecule has 0 radical (unpaired) electrons. The van der Waals surface area contributed by atoms with E-state index in [-0.39, 0.29) is 5.91 Å². The Morgan fingerprint density at radius 1 is 1.35 bits per heavy atom. The molecule has 2 aliphatic rings. The molecule has 6 heteroatoms. The third-order valence-electron chi connectivity index (χ3n) is 5.25. The topological polar surface area (TPSA) is 67.3 Å². The summed E-state index contributed by atoms with van der Waals surface area (Å²) in [6.07, 6.45) is 4.24. The van der Waals surface area contributed by atoms with Crippen LogP contribution in [0.3, 0.4) is 0 Å². The molecule has 1 amide bonds. The van der Waals surface area contributed by atoms with Gasteiger partial charge in [0.15, 0.2) is 0 Å². The largest absolute Gasteiger partial charge is 0.497 e. The molecule has 0 spiro atoms. The Hall–Kier alpha value is -2.47. The van der Waals surface area contributed by atoms with Crippen LogP contribution in [0.2, 0.25) is 0 Å². The molecular weight excluding hydrogens is 328 g/mol. The zero-order valence-electron chi connectivity index (χ0n) is 15.1. The number of amides is 1. The van der Waals surface area contributed by atoms with Crippen LogP contribution in [0.25, 0.3) is 0 Å². The van der Waals surface area contributed by atoms with Crippen molar-refractivity contribution in [2.75, 3.05) is 26.7 Å². The Morgan fingerprint density at radius 3 is 2.92 bits per heavy atom. The number of aromatic nitrogens is 2. The molecule has 2 aliphatic heterocycles. The fourth-order valence-corrected chi connectivity index (χ4v) is 3.65.